The number of carboxylic acids is 1. The lowest BCUT2D eigenvalue weighted by Gasteiger charge is -1.96. The molecule has 0 bridgehead atoms. The Bertz CT molecular complexity index is 370. The van der Waals surface area contributed by atoms with Gasteiger partial charge in [0.15, 0.2) is 5.82 Å². The van der Waals surface area contributed by atoms with Gasteiger partial charge in [0.1, 0.15) is 11.6 Å². The van der Waals surface area contributed by atoms with Crippen molar-refractivity contribution in [3.8, 4) is 6.07 Å². The van der Waals surface area contributed by atoms with E-state index in [1.807, 2.05) is 0 Å². The van der Waals surface area contributed by atoms with Crippen molar-refractivity contribution < 1.29 is 14.3 Å². The molecule has 0 saturated carbocycles. The van der Waals surface area contributed by atoms with Crippen molar-refractivity contribution in [2.24, 2.45) is 0 Å². The number of aromatic carboxylic acids is 1. The molecule has 1 N–H and O–H groups in total. The fraction of sp³-hybridized carbons (Fsp3) is 0. The highest BCUT2D eigenvalue weighted by atomic mass is 19.1. The number of hydrogen-bond donors (Lipinski definition) is 1. The van der Waals surface area contributed by atoms with Gasteiger partial charge in [-0.05, 0) is 0 Å². The topological polar surface area (TPSA) is 74.0 Å². The molecule has 1 aromatic rings. The van der Waals surface area contributed by atoms with Crippen molar-refractivity contribution in [2.45, 2.75) is 0 Å². The van der Waals surface area contributed by atoms with E-state index < -0.39 is 17.3 Å². The zero-order chi connectivity index (χ0) is 9.14. The molecule has 0 unspecified atom stereocenters. The first kappa shape index (κ1) is 8.14. The normalized spacial score (nSPS) is 9.00. The van der Waals surface area contributed by atoms with Crippen LogP contribution < -0.4 is 0 Å². The molecule has 12 heavy (non-hydrogen) atoms. The van der Waals surface area contributed by atoms with Gasteiger partial charge < -0.3 is 5.11 Å². The van der Waals surface area contributed by atoms with Crippen LogP contribution in [0.2, 0.25) is 0 Å². The number of carboxylic acid groups (broad SMARTS) is 1. The van der Waals surface area contributed by atoms with E-state index in [2.05, 4.69) is 4.98 Å². The molecule has 0 saturated heterocycles. The minimum Gasteiger partial charge on any atom is -0.478 e. The average Bonchev–Trinajstić information content (AvgIpc) is 2.03. The molecule has 1 rings (SSSR count). The van der Waals surface area contributed by atoms with Crippen molar-refractivity contribution in [1.29, 1.82) is 5.26 Å². The molecule has 0 amide bonds. The highest BCUT2D eigenvalue weighted by Gasteiger charge is 2.15. The highest BCUT2D eigenvalue weighted by Crippen LogP contribution is 2.10. The van der Waals surface area contributed by atoms with Gasteiger partial charge in [0.2, 0.25) is 0 Å². The Hall–Kier alpha value is -1.96. The fourth-order valence-corrected chi connectivity index (χ4v) is 0.737. The third-order valence-corrected chi connectivity index (χ3v) is 1.23. The van der Waals surface area contributed by atoms with Crippen molar-refractivity contribution >= 4 is 5.97 Å². The van der Waals surface area contributed by atoms with Crippen LogP contribution in [0, 0.1) is 17.1 Å². The standard InChI is InChI=1S/C7H3FN2O2/c8-5-3-10-2-4(1-9)6(5)7(11)12/h2-3H,(H,11,12). The lowest BCUT2D eigenvalue weighted by molar-refractivity contribution is 0.0691. The summed E-state index contributed by atoms with van der Waals surface area (Å²) in [5.41, 5.74) is -0.907. The smallest absolute Gasteiger partial charge is 0.340 e. The van der Waals surface area contributed by atoms with Gasteiger partial charge in [-0.1, -0.05) is 0 Å². The Morgan fingerprint density at radius 1 is 1.67 bits per heavy atom. The summed E-state index contributed by atoms with van der Waals surface area (Å²) in [4.78, 5) is 13.7. The second-order valence-electron chi connectivity index (χ2n) is 1.96. The molecule has 0 radical (unpaired) electrons. The molecule has 1 aromatic heterocycles. The minimum atomic E-state index is -1.47. The third-order valence-electron chi connectivity index (χ3n) is 1.23. The lowest BCUT2D eigenvalue weighted by Crippen LogP contribution is -2.04. The van der Waals surface area contributed by atoms with E-state index in [4.69, 9.17) is 10.4 Å². The van der Waals surface area contributed by atoms with Crippen molar-refractivity contribution in [2.75, 3.05) is 0 Å². The van der Waals surface area contributed by atoms with Crippen LogP contribution in [0.3, 0.4) is 0 Å². The van der Waals surface area contributed by atoms with E-state index in [0.29, 0.717) is 0 Å². The summed E-state index contributed by atoms with van der Waals surface area (Å²) >= 11 is 0. The van der Waals surface area contributed by atoms with E-state index in [-0.39, 0.29) is 5.56 Å². The van der Waals surface area contributed by atoms with Crippen molar-refractivity contribution in [1.82, 2.24) is 4.98 Å². The van der Waals surface area contributed by atoms with Gasteiger partial charge in [-0.3, -0.25) is 4.98 Å². The van der Waals surface area contributed by atoms with E-state index in [0.717, 1.165) is 12.4 Å². The summed E-state index contributed by atoms with van der Waals surface area (Å²) in [6, 6.07) is 1.53. The monoisotopic (exact) mass is 166 g/mol. The molecule has 60 valence electrons. The number of rotatable bonds is 1. The van der Waals surface area contributed by atoms with E-state index >= 15 is 0 Å². The van der Waals surface area contributed by atoms with Gasteiger partial charge in [0, 0.05) is 6.20 Å². The predicted molar refractivity (Wildman–Crippen MR) is 35.9 cm³/mol. The van der Waals surface area contributed by atoms with Crippen LogP contribution in [0.1, 0.15) is 15.9 Å². The van der Waals surface area contributed by atoms with Crippen LogP contribution >= 0.6 is 0 Å². The quantitative estimate of drug-likeness (QED) is 0.669. The molecule has 0 aliphatic carbocycles. The molecule has 0 aliphatic heterocycles. The number of aromatic nitrogens is 1. The molecule has 0 spiro atoms. The average molecular weight is 166 g/mol. The highest BCUT2D eigenvalue weighted by molar-refractivity contribution is 5.90. The molecule has 0 aromatic carbocycles. The van der Waals surface area contributed by atoms with Crippen molar-refractivity contribution in [3.05, 3.63) is 29.3 Å². The maximum atomic E-state index is 12.7. The number of halogens is 1. The first-order chi connectivity index (χ1) is 5.66. The summed E-state index contributed by atoms with van der Waals surface area (Å²) in [5.74, 6) is -2.46. The Balaban J connectivity index is 3.42. The number of hydrogen-bond acceptors (Lipinski definition) is 3. The maximum absolute atomic E-state index is 12.7. The Kier molecular flexibility index (Phi) is 2.01. The van der Waals surface area contributed by atoms with Gasteiger partial charge in [-0.2, -0.15) is 5.26 Å². The van der Waals surface area contributed by atoms with Crippen LogP contribution in [0.25, 0.3) is 0 Å². The van der Waals surface area contributed by atoms with E-state index in [9.17, 15) is 9.18 Å². The zero-order valence-corrected chi connectivity index (χ0v) is 5.78. The van der Waals surface area contributed by atoms with Gasteiger partial charge >= 0.3 is 5.97 Å². The first-order valence-electron chi connectivity index (χ1n) is 2.93. The number of nitriles is 1. The summed E-state index contributed by atoms with van der Waals surface area (Å²) in [7, 11) is 0. The summed E-state index contributed by atoms with van der Waals surface area (Å²) in [6.07, 6.45) is 1.76. The number of pyridine rings is 1. The number of nitrogens with zero attached hydrogens (tertiary/aromatic N) is 2. The van der Waals surface area contributed by atoms with Crippen molar-refractivity contribution in [3.63, 3.8) is 0 Å². The Morgan fingerprint density at radius 2 is 2.33 bits per heavy atom. The van der Waals surface area contributed by atoms with Crippen LogP contribution in [0.15, 0.2) is 12.4 Å². The lowest BCUT2D eigenvalue weighted by atomic mass is 10.1. The summed E-state index contributed by atoms with van der Waals surface area (Å²) in [6.45, 7) is 0. The number of carbonyl (C=O) groups is 1. The molecule has 0 fully saturated rings. The zero-order valence-electron chi connectivity index (χ0n) is 5.78. The molecule has 0 aliphatic rings. The van der Waals surface area contributed by atoms with Crippen LogP contribution in [0.5, 0.6) is 0 Å². The van der Waals surface area contributed by atoms with E-state index in [1.54, 1.807) is 0 Å². The van der Waals surface area contributed by atoms with Gasteiger partial charge in [0.25, 0.3) is 0 Å². The Morgan fingerprint density at radius 3 is 2.75 bits per heavy atom. The SMILES string of the molecule is N#Cc1cncc(F)c1C(=O)O. The summed E-state index contributed by atoms with van der Waals surface area (Å²) < 4.78 is 12.7. The molecule has 0 atom stereocenters. The van der Waals surface area contributed by atoms with Crippen LogP contribution in [0.4, 0.5) is 4.39 Å². The van der Waals surface area contributed by atoms with Crippen LogP contribution in [-0.4, -0.2) is 16.1 Å². The van der Waals surface area contributed by atoms with Gasteiger partial charge in [-0.25, -0.2) is 9.18 Å². The second-order valence-corrected chi connectivity index (χ2v) is 1.96. The van der Waals surface area contributed by atoms with E-state index in [1.165, 1.54) is 6.07 Å². The first-order valence-corrected chi connectivity index (χ1v) is 2.93. The van der Waals surface area contributed by atoms with Crippen LogP contribution in [-0.2, 0) is 0 Å². The molecular formula is C7H3FN2O2. The second kappa shape index (κ2) is 2.96. The van der Waals surface area contributed by atoms with Gasteiger partial charge in [0.05, 0.1) is 11.8 Å². The predicted octanol–water partition coefficient (Wildman–Crippen LogP) is 0.791. The Labute approximate surface area is 66.9 Å². The van der Waals surface area contributed by atoms with Gasteiger partial charge in [-0.15, -0.1) is 0 Å². The largest absolute Gasteiger partial charge is 0.478 e. The minimum absolute atomic E-state index is 0.275. The molecule has 4 nitrogen and oxygen atoms in total. The molecule has 5 heteroatoms. The third kappa shape index (κ3) is 1.22. The maximum Gasteiger partial charge on any atom is 0.340 e. The molecule has 1 heterocycles. The summed E-state index contributed by atoms with van der Waals surface area (Å²) in [5, 5.41) is 16.8. The molecular weight excluding hydrogens is 163 g/mol. The fourth-order valence-electron chi connectivity index (χ4n) is 0.737.